The van der Waals surface area contributed by atoms with Crippen LogP contribution in [-0.4, -0.2) is 15.1 Å². The maximum atomic E-state index is 10.9. The second-order valence-corrected chi connectivity index (χ2v) is 7.12. The Kier molecular flexibility index (Phi) is 4.67. The number of rotatable bonds is 4. The summed E-state index contributed by atoms with van der Waals surface area (Å²) in [6.45, 7) is 0. The van der Waals surface area contributed by atoms with Crippen LogP contribution < -0.4 is 0 Å². The Labute approximate surface area is 160 Å². The molecule has 3 nitrogen and oxygen atoms in total. The second kappa shape index (κ2) is 7.26. The van der Waals surface area contributed by atoms with Gasteiger partial charge in [0, 0.05) is 45.8 Å². The predicted octanol–water partition coefficient (Wildman–Crippen LogP) is 5.47. The van der Waals surface area contributed by atoms with E-state index >= 15 is 0 Å². The first kappa shape index (κ1) is 16.7. The summed E-state index contributed by atoms with van der Waals surface area (Å²) in [5, 5.41) is 11.9. The molecule has 1 atom stereocenters. The highest BCUT2D eigenvalue weighted by Gasteiger charge is 2.21. The molecule has 0 saturated carbocycles. The first-order chi connectivity index (χ1) is 12.7. The number of phenols is 1. The van der Waals surface area contributed by atoms with Crippen molar-refractivity contribution in [2.45, 2.75) is 12.3 Å². The van der Waals surface area contributed by atoms with E-state index in [4.69, 9.17) is 0 Å². The summed E-state index contributed by atoms with van der Waals surface area (Å²) >= 11 is 3.49. The van der Waals surface area contributed by atoms with Gasteiger partial charge in [0.2, 0.25) is 0 Å². The monoisotopic (exact) mass is 404 g/mol. The van der Waals surface area contributed by atoms with Crippen molar-refractivity contribution in [1.29, 1.82) is 0 Å². The molecule has 4 rings (SSSR count). The van der Waals surface area contributed by atoms with Crippen molar-refractivity contribution in [3.63, 3.8) is 0 Å². The average molecular weight is 405 g/mol. The summed E-state index contributed by atoms with van der Waals surface area (Å²) in [6, 6.07) is 22.0. The summed E-state index contributed by atoms with van der Waals surface area (Å²) in [6.07, 6.45) is 4.21. The van der Waals surface area contributed by atoms with Gasteiger partial charge < -0.3 is 5.11 Å². The summed E-state index contributed by atoms with van der Waals surface area (Å²) in [5.41, 5.74) is 3.61. The number of aromatic hydroxyl groups is 1. The van der Waals surface area contributed by atoms with E-state index in [1.54, 1.807) is 12.4 Å². The minimum absolute atomic E-state index is 0.00981. The number of aromatic nitrogens is 2. The van der Waals surface area contributed by atoms with Crippen LogP contribution in [0, 0.1) is 0 Å². The minimum Gasteiger partial charge on any atom is -0.505 e. The summed E-state index contributed by atoms with van der Waals surface area (Å²) < 4.78 is 1.03. The van der Waals surface area contributed by atoms with E-state index < -0.39 is 0 Å². The quantitative estimate of drug-likeness (QED) is 0.490. The Morgan fingerprint density at radius 2 is 1.65 bits per heavy atom. The first-order valence-electron chi connectivity index (χ1n) is 8.44. The molecule has 0 bridgehead atoms. The number of pyridine rings is 2. The molecule has 0 spiro atoms. The molecule has 0 aliphatic rings. The second-order valence-electron chi connectivity index (χ2n) is 6.21. The lowest BCUT2D eigenvalue weighted by Crippen LogP contribution is -2.07. The largest absolute Gasteiger partial charge is 0.505 e. The molecule has 0 amide bonds. The maximum Gasteiger partial charge on any atom is 0.145 e. The smallest absolute Gasteiger partial charge is 0.145 e. The van der Waals surface area contributed by atoms with Crippen LogP contribution in [0.2, 0.25) is 0 Å². The highest BCUT2D eigenvalue weighted by molar-refractivity contribution is 9.10. The van der Waals surface area contributed by atoms with Crippen molar-refractivity contribution in [3.05, 3.63) is 100 Å². The van der Waals surface area contributed by atoms with Gasteiger partial charge >= 0.3 is 0 Å². The van der Waals surface area contributed by atoms with Crippen molar-refractivity contribution < 1.29 is 5.11 Å². The number of hydrogen-bond acceptors (Lipinski definition) is 3. The Bertz CT molecular complexity index is 1030. The lowest BCUT2D eigenvalue weighted by atomic mass is 9.86. The molecule has 0 radical (unpaired) electrons. The molecule has 4 heteroatoms. The molecular formula is C22H17BrN2O. The van der Waals surface area contributed by atoms with E-state index in [2.05, 4.69) is 38.0 Å². The summed E-state index contributed by atoms with van der Waals surface area (Å²) in [7, 11) is 0. The molecule has 2 aromatic carbocycles. The molecular weight excluding hydrogens is 388 g/mol. The third kappa shape index (κ3) is 3.33. The molecule has 2 aromatic heterocycles. The fourth-order valence-electron chi connectivity index (χ4n) is 3.26. The minimum atomic E-state index is -0.00981. The van der Waals surface area contributed by atoms with Crippen LogP contribution in [0.5, 0.6) is 5.75 Å². The first-order valence-corrected chi connectivity index (χ1v) is 9.23. The van der Waals surface area contributed by atoms with Crippen LogP contribution in [0.1, 0.15) is 22.7 Å². The van der Waals surface area contributed by atoms with Gasteiger partial charge in [0.05, 0.1) is 0 Å². The fraction of sp³-hybridized carbons (Fsp3) is 0.0909. The van der Waals surface area contributed by atoms with E-state index in [-0.39, 0.29) is 11.7 Å². The molecule has 1 N–H and O–H groups in total. The number of halogens is 1. The van der Waals surface area contributed by atoms with Crippen LogP contribution in [0.15, 0.2) is 83.6 Å². The highest BCUT2D eigenvalue weighted by atomic mass is 79.9. The molecule has 2 heterocycles. The van der Waals surface area contributed by atoms with Gasteiger partial charge in [0.15, 0.2) is 0 Å². The average Bonchev–Trinajstić information content (AvgIpc) is 2.69. The molecule has 0 saturated heterocycles. The third-order valence-electron chi connectivity index (χ3n) is 4.57. The van der Waals surface area contributed by atoms with E-state index in [1.165, 1.54) is 0 Å². The van der Waals surface area contributed by atoms with E-state index in [0.29, 0.717) is 11.9 Å². The van der Waals surface area contributed by atoms with Gasteiger partial charge in [-0.1, -0.05) is 52.3 Å². The van der Waals surface area contributed by atoms with Crippen molar-refractivity contribution in [2.75, 3.05) is 0 Å². The van der Waals surface area contributed by atoms with Gasteiger partial charge in [-0.25, -0.2) is 0 Å². The number of fused-ring (bicyclic) bond motifs is 1. The van der Waals surface area contributed by atoms with Gasteiger partial charge in [0.25, 0.3) is 0 Å². The summed E-state index contributed by atoms with van der Waals surface area (Å²) in [4.78, 5) is 8.84. The van der Waals surface area contributed by atoms with Gasteiger partial charge in [-0.05, 0) is 35.9 Å². The standard InChI is InChI=1S/C22H17BrN2O/c23-17-9-6-15(7-10-17)20(14-18-5-1-2-12-24-18)19-11-8-16-4-3-13-25-21(16)22(19)26/h1-13,20,26H,14H2. The topological polar surface area (TPSA) is 46.0 Å². The molecule has 0 aliphatic heterocycles. The van der Waals surface area contributed by atoms with E-state index in [0.717, 1.165) is 26.7 Å². The Morgan fingerprint density at radius 3 is 2.42 bits per heavy atom. The Hall–Kier alpha value is -2.72. The van der Waals surface area contributed by atoms with Crippen molar-refractivity contribution >= 4 is 26.8 Å². The van der Waals surface area contributed by atoms with E-state index in [9.17, 15) is 5.11 Å². The summed E-state index contributed by atoms with van der Waals surface area (Å²) in [5.74, 6) is 0.233. The molecule has 0 aliphatic carbocycles. The zero-order valence-corrected chi connectivity index (χ0v) is 15.6. The zero-order chi connectivity index (χ0) is 17.9. The van der Waals surface area contributed by atoms with Crippen LogP contribution >= 0.6 is 15.9 Å². The zero-order valence-electron chi connectivity index (χ0n) is 14.0. The van der Waals surface area contributed by atoms with Crippen LogP contribution in [0.3, 0.4) is 0 Å². The predicted molar refractivity (Wildman–Crippen MR) is 107 cm³/mol. The van der Waals surface area contributed by atoms with Crippen molar-refractivity contribution in [3.8, 4) is 5.75 Å². The molecule has 0 fully saturated rings. The maximum absolute atomic E-state index is 10.9. The van der Waals surface area contributed by atoms with Crippen molar-refractivity contribution in [2.24, 2.45) is 0 Å². The number of hydrogen-bond donors (Lipinski definition) is 1. The number of phenolic OH excluding ortho intramolecular Hbond substituents is 1. The highest BCUT2D eigenvalue weighted by Crippen LogP contribution is 2.37. The normalized spacial score (nSPS) is 12.2. The molecule has 1 unspecified atom stereocenters. The molecule has 4 aromatic rings. The lowest BCUT2D eigenvalue weighted by molar-refractivity contribution is 0.469. The van der Waals surface area contributed by atoms with Gasteiger partial charge in [-0.3, -0.25) is 9.97 Å². The van der Waals surface area contributed by atoms with E-state index in [1.807, 2.05) is 54.6 Å². The van der Waals surface area contributed by atoms with Crippen molar-refractivity contribution in [1.82, 2.24) is 9.97 Å². The Balaban J connectivity index is 1.84. The van der Waals surface area contributed by atoms with Crippen LogP contribution in [0.4, 0.5) is 0 Å². The van der Waals surface area contributed by atoms with Crippen LogP contribution in [-0.2, 0) is 6.42 Å². The SMILES string of the molecule is Oc1c(C(Cc2ccccn2)c2ccc(Br)cc2)ccc2cccnc12. The lowest BCUT2D eigenvalue weighted by Gasteiger charge is -2.20. The number of benzene rings is 2. The molecule has 128 valence electrons. The van der Waals surface area contributed by atoms with Gasteiger partial charge in [-0.15, -0.1) is 0 Å². The molecule has 26 heavy (non-hydrogen) atoms. The van der Waals surface area contributed by atoms with Gasteiger partial charge in [-0.2, -0.15) is 0 Å². The Morgan fingerprint density at radius 1 is 0.846 bits per heavy atom. The number of nitrogens with zero attached hydrogens (tertiary/aromatic N) is 2. The van der Waals surface area contributed by atoms with Gasteiger partial charge in [0.1, 0.15) is 11.3 Å². The third-order valence-corrected chi connectivity index (χ3v) is 5.09. The van der Waals surface area contributed by atoms with Crippen LogP contribution in [0.25, 0.3) is 10.9 Å². The fourth-order valence-corrected chi connectivity index (χ4v) is 3.52.